The standard InChI is InChI=1S/C16H23ClN2O3S2/c1-23-11-10-15(16(20)18-13-4-2-3-5-13)19-24(21,22)14-8-6-12(17)7-9-14/h6-9,13,15,19H,2-5,10-11H2,1H3,(H,18,20). The highest BCUT2D eigenvalue weighted by Gasteiger charge is 2.27. The lowest BCUT2D eigenvalue weighted by Crippen LogP contribution is -2.49. The number of hydrogen-bond donors (Lipinski definition) is 2. The van der Waals surface area contributed by atoms with E-state index in [2.05, 4.69) is 10.0 Å². The van der Waals surface area contributed by atoms with E-state index in [-0.39, 0.29) is 16.8 Å². The van der Waals surface area contributed by atoms with Gasteiger partial charge in [-0.1, -0.05) is 24.4 Å². The van der Waals surface area contributed by atoms with E-state index in [1.807, 2.05) is 6.26 Å². The molecular weight excluding hydrogens is 368 g/mol. The summed E-state index contributed by atoms with van der Waals surface area (Å²) in [7, 11) is -3.76. The first kappa shape index (κ1) is 19.6. The Morgan fingerprint density at radius 3 is 2.50 bits per heavy atom. The Kier molecular flexibility index (Phi) is 7.40. The maximum Gasteiger partial charge on any atom is 0.241 e. The smallest absolute Gasteiger partial charge is 0.241 e. The molecule has 0 bridgehead atoms. The van der Waals surface area contributed by atoms with Gasteiger partial charge in [-0.15, -0.1) is 0 Å². The fourth-order valence-corrected chi connectivity index (χ4v) is 4.55. The van der Waals surface area contributed by atoms with E-state index < -0.39 is 16.1 Å². The highest BCUT2D eigenvalue weighted by molar-refractivity contribution is 7.98. The average Bonchev–Trinajstić information content (AvgIpc) is 3.04. The van der Waals surface area contributed by atoms with Gasteiger partial charge in [0, 0.05) is 11.1 Å². The fraction of sp³-hybridized carbons (Fsp3) is 0.562. The Morgan fingerprint density at radius 2 is 1.92 bits per heavy atom. The summed E-state index contributed by atoms with van der Waals surface area (Å²) in [4.78, 5) is 12.6. The van der Waals surface area contributed by atoms with Crippen molar-refractivity contribution < 1.29 is 13.2 Å². The third kappa shape index (κ3) is 5.65. The van der Waals surface area contributed by atoms with Crippen LogP contribution >= 0.6 is 23.4 Å². The van der Waals surface area contributed by atoms with Crippen molar-refractivity contribution in [1.29, 1.82) is 0 Å². The van der Waals surface area contributed by atoms with Crippen LogP contribution in [0, 0.1) is 0 Å². The molecule has 0 aromatic heterocycles. The van der Waals surface area contributed by atoms with Gasteiger partial charge in [0.15, 0.2) is 0 Å². The number of nitrogens with one attached hydrogen (secondary N) is 2. The van der Waals surface area contributed by atoms with Crippen molar-refractivity contribution in [2.24, 2.45) is 0 Å². The number of benzene rings is 1. The molecule has 1 aromatic carbocycles. The van der Waals surface area contributed by atoms with Gasteiger partial charge in [0.25, 0.3) is 0 Å². The van der Waals surface area contributed by atoms with Crippen molar-refractivity contribution in [2.45, 2.75) is 49.1 Å². The lowest BCUT2D eigenvalue weighted by Gasteiger charge is -2.21. The molecule has 0 spiro atoms. The lowest BCUT2D eigenvalue weighted by atomic mass is 10.2. The van der Waals surface area contributed by atoms with Crippen LogP contribution in [0.4, 0.5) is 0 Å². The summed E-state index contributed by atoms with van der Waals surface area (Å²) in [5.41, 5.74) is 0. The predicted octanol–water partition coefficient (Wildman–Crippen LogP) is 2.80. The molecule has 1 atom stereocenters. The fourth-order valence-electron chi connectivity index (χ4n) is 2.72. The second kappa shape index (κ2) is 9.08. The van der Waals surface area contributed by atoms with Crippen molar-refractivity contribution >= 4 is 39.3 Å². The minimum atomic E-state index is -3.76. The topological polar surface area (TPSA) is 75.3 Å². The van der Waals surface area contributed by atoms with Gasteiger partial charge in [-0.25, -0.2) is 8.42 Å². The van der Waals surface area contributed by atoms with Crippen molar-refractivity contribution in [3.63, 3.8) is 0 Å². The van der Waals surface area contributed by atoms with E-state index in [4.69, 9.17) is 11.6 Å². The number of sulfonamides is 1. The van der Waals surface area contributed by atoms with Crippen molar-refractivity contribution in [3.05, 3.63) is 29.3 Å². The zero-order valence-electron chi connectivity index (χ0n) is 13.6. The highest BCUT2D eigenvalue weighted by atomic mass is 35.5. The second-order valence-electron chi connectivity index (χ2n) is 5.90. The van der Waals surface area contributed by atoms with Crippen molar-refractivity contribution in [2.75, 3.05) is 12.0 Å². The molecule has 0 radical (unpaired) electrons. The van der Waals surface area contributed by atoms with Gasteiger partial charge in [0.1, 0.15) is 6.04 Å². The molecule has 2 N–H and O–H groups in total. The molecule has 1 amide bonds. The van der Waals surface area contributed by atoms with Gasteiger partial charge in [0.05, 0.1) is 4.90 Å². The molecule has 0 heterocycles. The largest absolute Gasteiger partial charge is 0.352 e. The van der Waals surface area contributed by atoms with Gasteiger partial charge >= 0.3 is 0 Å². The summed E-state index contributed by atoms with van der Waals surface area (Å²) < 4.78 is 27.6. The van der Waals surface area contributed by atoms with Crippen LogP contribution < -0.4 is 10.0 Å². The first-order valence-corrected chi connectivity index (χ1v) is 11.2. The van der Waals surface area contributed by atoms with Crippen LogP contribution in [-0.4, -0.2) is 38.4 Å². The minimum absolute atomic E-state index is 0.106. The third-order valence-electron chi connectivity index (χ3n) is 4.05. The van der Waals surface area contributed by atoms with E-state index >= 15 is 0 Å². The van der Waals surface area contributed by atoms with E-state index in [1.165, 1.54) is 24.3 Å². The summed E-state index contributed by atoms with van der Waals surface area (Å²) >= 11 is 7.38. The Balaban J connectivity index is 2.08. The zero-order valence-corrected chi connectivity index (χ0v) is 16.0. The van der Waals surface area contributed by atoms with Crippen LogP contribution in [0.3, 0.4) is 0 Å². The average molecular weight is 391 g/mol. The van der Waals surface area contributed by atoms with Crippen LogP contribution in [0.15, 0.2) is 29.2 Å². The lowest BCUT2D eigenvalue weighted by molar-refractivity contribution is -0.123. The molecule has 2 rings (SSSR count). The van der Waals surface area contributed by atoms with E-state index in [0.717, 1.165) is 25.7 Å². The summed E-state index contributed by atoms with van der Waals surface area (Å²) in [5.74, 6) is 0.458. The molecule has 0 saturated heterocycles. The van der Waals surface area contributed by atoms with Gasteiger partial charge in [0.2, 0.25) is 15.9 Å². The molecule has 8 heteroatoms. The molecule has 1 fully saturated rings. The summed E-state index contributed by atoms with van der Waals surface area (Å²) in [5, 5.41) is 3.44. The summed E-state index contributed by atoms with van der Waals surface area (Å²) in [6, 6.07) is 5.31. The quantitative estimate of drug-likeness (QED) is 0.715. The van der Waals surface area contributed by atoms with E-state index in [9.17, 15) is 13.2 Å². The molecule has 24 heavy (non-hydrogen) atoms. The molecule has 1 unspecified atom stereocenters. The molecule has 0 aliphatic heterocycles. The highest BCUT2D eigenvalue weighted by Crippen LogP contribution is 2.19. The van der Waals surface area contributed by atoms with Gasteiger partial charge in [-0.2, -0.15) is 16.5 Å². The van der Waals surface area contributed by atoms with Crippen LogP contribution in [0.2, 0.25) is 5.02 Å². The Morgan fingerprint density at radius 1 is 1.29 bits per heavy atom. The second-order valence-corrected chi connectivity index (χ2v) is 9.04. The number of thioether (sulfide) groups is 1. The maximum absolute atomic E-state index is 12.5. The number of hydrogen-bond acceptors (Lipinski definition) is 4. The molecule has 1 saturated carbocycles. The van der Waals surface area contributed by atoms with Crippen LogP contribution in [0.1, 0.15) is 32.1 Å². The van der Waals surface area contributed by atoms with Crippen molar-refractivity contribution in [3.8, 4) is 0 Å². The molecule has 1 aliphatic carbocycles. The third-order valence-corrected chi connectivity index (χ3v) is 6.43. The Labute approximate surface area is 153 Å². The number of carbonyl (C=O) groups excluding carboxylic acids is 1. The first-order chi connectivity index (χ1) is 11.4. The molecular formula is C16H23ClN2O3S2. The number of rotatable bonds is 8. The molecule has 5 nitrogen and oxygen atoms in total. The maximum atomic E-state index is 12.5. The SMILES string of the molecule is CSCCC(NS(=O)(=O)c1ccc(Cl)cc1)C(=O)NC1CCCC1. The summed E-state index contributed by atoms with van der Waals surface area (Å²) in [6.45, 7) is 0. The minimum Gasteiger partial charge on any atom is -0.352 e. The number of amides is 1. The summed E-state index contributed by atoms with van der Waals surface area (Å²) in [6.07, 6.45) is 6.52. The molecule has 1 aromatic rings. The normalized spacial score (nSPS) is 16.9. The van der Waals surface area contributed by atoms with Gasteiger partial charge < -0.3 is 5.32 Å². The predicted molar refractivity (Wildman–Crippen MR) is 99.0 cm³/mol. The Bertz CT molecular complexity index is 644. The Hall–Kier alpha value is -0.760. The van der Waals surface area contributed by atoms with E-state index in [1.54, 1.807) is 11.8 Å². The molecule has 1 aliphatic rings. The molecule has 134 valence electrons. The number of carbonyl (C=O) groups is 1. The van der Waals surface area contributed by atoms with E-state index in [0.29, 0.717) is 17.2 Å². The van der Waals surface area contributed by atoms with Crippen molar-refractivity contribution in [1.82, 2.24) is 10.0 Å². The van der Waals surface area contributed by atoms with Gasteiger partial charge in [-0.05, 0) is 55.5 Å². The van der Waals surface area contributed by atoms with Crippen LogP contribution in [0.25, 0.3) is 0 Å². The number of halogens is 1. The van der Waals surface area contributed by atoms with Crippen LogP contribution in [-0.2, 0) is 14.8 Å². The monoisotopic (exact) mass is 390 g/mol. The van der Waals surface area contributed by atoms with Crippen LogP contribution in [0.5, 0.6) is 0 Å². The zero-order chi connectivity index (χ0) is 17.6. The van der Waals surface area contributed by atoms with Gasteiger partial charge in [-0.3, -0.25) is 4.79 Å². The first-order valence-electron chi connectivity index (χ1n) is 7.99.